The maximum absolute atomic E-state index is 13.3. The molecule has 2 heterocycles. The predicted molar refractivity (Wildman–Crippen MR) is 158 cm³/mol. The number of ether oxygens (including phenoxy) is 1. The van der Waals surface area contributed by atoms with Gasteiger partial charge in [0.2, 0.25) is 11.7 Å². The summed E-state index contributed by atoms with van der Waals surface area (Å²) in [5.74, 6) is -0.192. The molecule has 1 aliphatic rings. The number of aryl methyl sites for hydroxylation is 1. The number of amides is 3. The third-order valence-corrected chi connectivity index (χ3v) is 6.84. The lowest BCUT2D eigenvalue weighted by Gasteiger charge is -2.20. The molecule has 1 atom stereocenters. The highest BCUT2D eigenvalue weighted by Crippen LogP contribution is 2.32. The quantitative estimate of drug-likeness (QED) is 0.153. The maximum atomic E-state index is 13.3. The van der Waals surface area contributed by atoms with E-state index in [1.54, 1.807) is 37.4 Å². The van der Waals surface area contributed by atoms with Gasteiger partial charge in [-0.15, -0.1) is 5.10 Å². The van der Waals surface area contributed by atoms with E-state index in [1.807, 2.05) is 36.4 Å². The van der Waals surface area contributed by atoms with Gasteiger partial charge in [0.1, 0.15) is 24.2 Å². The Morgan fingerprint density at radius 1 is 1.14 bits per heavy atom. The zero-order chi connectivity index (χ0) is 29.6. The number of nitrogen functional groups attached to an aromatic ring is 1. The number of rotatable bonds is 9. The van der Waals surface area contributed by atoms with Crippen molar-refractivity contribution in [2.45, 2.75) is 25.3 Å². The average Bonchev–Trinajstić information content (AvgIpc) is 3.42. The van der Waals surface area contributed by atoms with E-state index in [4.69, 9.17) is 15.9 Å². The highest BCUT2D eigenvalue weighted by atomic mass is 16.5. The van der Waals surface area contributed by atoms with Crippen LogP contribution < -0.4 is 26.0 Å². The Labute approximate surface area is 241 Å². The third-order valence-electron chi connectivity index (χ3n) is 6.84. The fraction of sp³-hybridized carbons (Fsp3) is 0.200. The second-order valence-corrected chi connectivity index (χ2v) is 9.84. The molecule has 0 saturated carbocycles. The van der Waals surface area contributed by atoms with Crippen LogP contribution in [0.4, 0.5) is 17.1 Å². The monoisotopic (exact) mass is 566 g/mol. The smallest absolute Gasteiger partial charge is 0.291 e. The van der Waals surface area contributed by atoms with Crippen LogP contribution in [0.1, 0.15) is 39.6 Å². The molecule has 0 aliphatic carbocycles. The molecule has 0 fully saturated rings. The molecule has 0 saturated heterocycles. The lowest BCUT2D eigenvalue weighted by atomic mass is 10.1. The van der Waals surface area contributed by atoms with Crippen LogP contribution in [-0.4, -0.2) is 58.8 Å². The van der Waals surface area contributed by atoms with Crippen molar-refractivity contribution in [1.82, 2.24) is 20.5 Å². The molecule has 5 rings (SSSR count). The van der Waals surface area contributed by atoms with Gasteiger partial charge in [-0.25, -0.2) is 4.98 Å². The van der Waals surface area contributed by atoms with Crippen LogP contribution in [0.2, 0.25) is 0 Å². The number of H-pyrrole nitrogens is 1. The number of fused-ring (bicyclic) bond motifs is 1. The fourth-order valence-corrected chi connectivity index (χ4v) is 4.56. The third kappa shape index (κ3) is 6.44. The number of nitrogens with two attached hydrogens (primary N) is 1. The first-order valence-electron chi connectivity index (χ1n) is 13.3. The highest BCUT2D eigenvalue weighted by Gasteiger charge is 2.31. The van der Waals surface area contributed by atoms with Gasteiger partial charge >= 0.3 is 0 Å². The van der Waals surface area contributed by atoms with Crippen LogP contribution in [0.15, 0.2) is 66.7 Å². The molecule has 214 valence electrons. The molecule has 42 heavy (non-hydrogen) atoms. The molecule has 1 unspecified atom stereocenters. The van der Waals surface area contributed by atoms with Crippen molar-refractivity contribution in [3.8, 4) is 5.75 Å². The zero-order valence-corrected chi connectivity index (χ0v) is 22.9. The topological polar surface area (TPSA) is 179 Å². The van der Waals surface area contributed by atoms with Crippen molar-refractivity contribution in [2.75, 3.05) is 29.6 Å². The van der Waals surface area contributed by atoms with Gasteiger partial charge in [-0.3, -0.25) is 19.5 Å². The van der Waals surface area contributed by atoms with Crippen molar-refractivity contribution in [1.29, 1.82) is 5.41 Å². The van der Waals surface area contributed by atoms with E-state index in [9.17, 15) is 14.4 Å². The van der Waals surface area contributed by atoms with Crippen LogP contribution in [0.25, 0.3) is 0 Å². The number of carbonyl (C=O) groups excluding carboxylic acids is 3. The van der Waals surface area contributed by atoms with Gasteiger partial charge in [-0.05, 0) is 47.9 Å². The average molecular weight is 567 g/mol. The Balaban J connectivity index is 1.19. The second kappa shape index (κ2) is 12.3. The van der Waals surface area contributed by atoms with Crippen LogP contribution in [0.5, 0.6) is 5.75 Å². The molecule has 12 nitrogen and oxygen atoms in total. The van der Waals surface area contributed by atoms with Gasteiger partial charge in [-0.2, -0.15) is 0 Å². The van der Waals surface area contributed by atoms with E-state index in [-0.39, 0.29) is 30.7 Å². The summed E-state index contributed by atoms with van der Waals surface area (Å²) in [5, 5.41) is 19.6. The zero-order valence-electron chi connectivity index (χ0n) is 22.9. The number of hydrogen-bond acceptors (Lipinski definition) is 8. The number of aromatic nitrogens is 3. The molecular weight excluding hydrogens is 536 g/mol. The van der Waals surface area contributed by atoms with E-state index in [0.29, 0.717) is 47.0 Å². The van der Waals surface area contributed by atoms with Crippen molar-refractivity contribution in [3.63, 3.8) is 0 Å². The van der Waals surface area contributed by atoms with E-state index in [1.165, 1.54) is 4.90 Å². The lowest BCUT2D eigenvalue weighted by molar-refractivity contribution is -0.120. The number of nitrogens with one attached hydrogen (secondary N) is 4. The second-order valence-electron chi connectivity index (χ2n) is 9.84. The number of anilines is 3. The summed E-state index contributed by atoms with van der Waals surface area (Å²) < 4.78 is 5.88. The minimum Gasteiger partial charge on any atom is -0.489 e. The predicted octanol–water partition coefficient (Wildman–Crippen LogP) is 2.70. The van der Waals surface area contributed by atoms with Gasteiger partial charge in [-0.1, -0.05) is 36.4 Å². The number of nitrogens with zero attached hydrogens (tertiary/aromatic N) is 3. The van der Waals surface area contributed by atoms with Gasteiger partial charge in [0, 0.05) is 43.0 Å². The van der Waals surface area contributed by atoms with Crippen molar-refractivity contribution >= 4 is 41.0 Å². The Bertz CT molecular complexity index is 1640. The summed E-state index contributed by atoms with van der Waals surface area (Å²) in [6, 6.07) is 19.1. The van der Waals surface area contributed by atoms with Crippen molar-refractivity contribution in [2.24, 2.45) is 0 Å². The summed E-state index contributed by atoms with van der Waals surface area (Å²) in [6.07, 6.45) is 2.26. The summed E-state index contributed by atoms with van der Waals surface area (Å²) >= 11 is 0. The Kier molecular flexibility index (Phi) is 8.23. The lowest BCUT2D eigenvalue weighted by Crippen LogP contribution is -2.49. The van der Waals surface area contributed by atoms with Gasteiger partial charge in [0.25, 0.3) is 11.8 Å². The molecule has 3 aromatic carbocycles. The Hall–Kier alpha value is -5.52. The first-order valence-corrected chi connectivity index (χ1v) is 13.3. The molecule has 0 spiro atoms. The normalized spacial score (nSPS) is 14.4. The number of benzene rings is 3. The molecule has 0 bridgehead atoms. The van der Waals surface area contributed by atoms with E-state index in [0.717, 1.165) is 17.3 Å². The number of carbonyl (C=O) groups is 3. The van der Waals surface area contributed by atoms with E-state index >= 15 is 0 Å². The minimum atomic E-state index is -0.952. The molecule has 1 aliphatic heterocycles. The number of likely N-dealkylation sites (N-methyl/N-ethyl adjacent to an activating group) is 1. The number of hydrogen-bond donors (Lipinski definition) is 5. The molecule has 4 aromatic rings. The SMILES string of the molecule is CN1C(=O)C(NC(=O)c2n[nH]c(Cc3ccccc3)n2)COc2ccc(CCC(=O)Nc3ccc(C=N)c(N)c3)cc21. The largest absolute Gasteiger partial charge is 0.489 e. The van der Waals surface area contributed by atoms with Crippen LogP contribution in [0.3, 0.4) is 0 Å². The molecule has 0 radical (unpaired) electrons. The highest BCUT2D eigenvalue weighted by molar-refractivity contribution is 6.02. The summed E-state index contributed by atoms with van der Waals surface area (Å²) in [4.78, 5) is 44.4. The molecule has 3 amide bonds. The van der Waals surface area contributed by atoms with Gasteiger partial charge in [0.15, 0.2) is 0 Å². The fourth-order valence-electron chi connectivity index (χ4n) is 4.56. The van der Waals surface area contributed by atoms with Crippen molar-refractivity contribution in [3.05, 3.63) is 95.1 Å². The van der Waals surface area contributed by atoms with Crippen LogP contribution >= 0.6 is 0 Å². The summed E-state index contributed by atoms with van der Waals surface area (Å²) in [7, 11) is 1.61. The summed E-state index contributed by atoms with van der Waals surface area (Å²) in [6.45, 7) is -0.0646. The number of aromatic amines is 1. The maximum Gasteiger partial charge on any atom is 0.291 e. The van der Waals surface area contributed by atoms with Crippen molar-refractivity contribution < 1.29 is 19.1 Å². The first-order chi connectivity index (χ1) is 20.3. The summed E-state index contributed by atoms with van der Waals surface area (Å²) in [5.41, 5.74) is 9.81. The molecule has 12 heteroatoms. The molecule has 1 aromatic heterocycles. The van der Waals surface area contributed by atoms with Gasteiger partial charge in [0.05, 0.1) is 5.69 Å². The van der Waals surface area contributed by atoms with Crippen LogP contribution in [-0.2, 0) is 22.4 Å². The Morgan fingerprint density at radius 2 is 1.95 bits per heavy atom. The Morgan fingerprint density at radius 3 is 2.71 bits per heavy atom. The van der Waals surface area contributed by atoms with Crippen LogP contribution in [0, 0.1) is 5.41 Å². The van der Waals surface area contributed by atoms with E-state index < -0.39 is 11.9 Å². The molecular formula is C30H30N8O4. The minimum absolute atomic E-state index is 0.0629. The van der Waals surface area contributed by atoms with E-state index in [2.05, 4.69) is 25.8 Å². The van der Waals surface area contributed by atoms with Gasteiger partial charge < -0.3 is 31.4 Å². The first kappa shape index (κ1) is 28.0. The standard InChI is InChI=1S/C30H30N8O4/c1-38-24-13-19(8-12-27(39)33-21-10-9-20(16-31)22(32)15-21)7-11-25(24)42-17-23(30(38)41)34-29(40)28-35-26(36-37-28)14-18-5-3-2-4-6-18/h2-7,9-11,13,15-16,23,31H,8,12,14,17,32H2,1H3,(H,33,39)(H,34,40)(H,35,36,37). The molecule has 6 N–H and O–H groups in total.